The summed E-state index contributed by atoms with van der Waals surface area (Å²) in [7, 11) is 1.52. The van der Waals surface area contributed by atoms with Gasteiger partial charge in [-0.15, -0.1) is 0 Å². The molecule has 0 radical (unpaired) electrons. The van der Waals surface area contributed by atoms with Gasteiger partial charge in [0.05, 0.1) is 6.10 Å². The molecule has 96 valence electrons. The molecule has 1 aromatic rings. The first kappa shape index (κ1) is 14.0. The van der Waals surface area contributed by atoms with Gasteiger partial charge in [0.1, 0.15) is 11.6 Å². The minimum absolute atomic E-state index is 0.0907. The molecule has 1 aromatic carbocycles. The second kappa shape index (κ2) is 6.64. The molecular formula is C12H17F2NO2. The van der Waals surface area contributed by atoms with Crippen molar-refractivity contribution in [3.63, 3.8) is 0 Å². The Morgan fingerprint density at radius 1 is 1.41 bits per heavy atom. The van der Waals surface area contributed by atoms with Gasteiger partial charge in [-0.1, -0.05) is 6.07 Å². The third-order valence-electron chi connectivity index (χ3n) is 2.70. The van der Waals surface area contributed by atoms with Gasteiger partial charge in [0, 0.05) is 32.2 Å². The topological polar surface area (TPSA) is 55.5 Å². The van der Waals surface area contributed by atoms with Gasteiger partial charge in [-0.05, 0) is 18.1 Å². The average molecular weight is 245 g/mol. The van der Waals surface area contributed by atoms with E-state index in [-0.39, 0.29) is 12.1 Å². The molecule has 3 N–H and O–H groups in total. The molecule has 0 aliphatic carbocycles. The van der Waals surface area contributed by atoms with E-state index in [0.717, 1.165) is 12.1 Å². The van der Waals surface area contributed by atoms with Crippen molar-refractivity contribution in [2.24, 2.45) is 5.73 Å². The van der Waals surface area contributed by atoms with Crippen molar-refractivity contribution in [3.8, 4) is 0 Å². The standard InChI is InChI=1S/C12H17F2NO2/c1-17-5-4-12(16)10(7-15)9-3-2-8(13)6-11(9)14/h2-3,6,10,12,16H,4-5,7,15H2,1H3. The van der Waals surface area contributed by atoms with Crippen molar-refractivity contribution in [2.45, 2.75) is 18.4 Å². The van der Waals surface area contributed by atoms with Crippen LogP contribution in [0.4, 0.5) is 8.78 Å². The Morgan fingerprint density at radius 3 is 2.65 bits per heavy atom. The maximum absolute atomic E-state index is 13.5. The van der Waals surface area contributed by atoms with Crippen molar-refractivity contribution in [3.05, 3.63) is 35.4 Å². The van der Waals surface area contributed by atoms with E-state index in [2.05, 4.69) is 0 Å². The van der Waals surface area contributed by atoms with Gasteiger partial charge in [-0.25, -0.2) is 8.78 Å². The maximum atomic E-state index is 13.5. The van der Waals surface area contributed by atoms with Gasteiger partial charge < -0.3 is 15.6 Å². The smallest absolute Gasteiger partial charge is 0.129 e. The van der Waals surface area contributed by atoms with Gasteiger partial charge in [0.15, 0.2) is 0 Å². The molecule has 0 spiro atoms. The van der Waals surface area contributed by atoms with Crippen LogP contribution in [0.15, 0.2) is 18.2 Å². The van der Waals surface area contributed by atoms with Gasteiger partial charge >= 0.3 is 0 Å². The van der Waals surface area contributed by atoms with E-state index in [1.165, 1.54) is 13.2 Å². The van der Waals surface area contributed by atoms with Gasteiger partial charge in [0.25, 0.3) is 0 Å². The predicted octanol–water partition coefficient (Wildman–Crippen LogP) is 1.40. The average Bonchev–Trinajstić information content (AvgIpc) is 2.30. The van der Waals surface area contributed by atoms with Crippen LogP contribution in [0.3, 0.4) is 0 Å². The normalized spacial score (nSPS) is 14.6. The van der Waals surface area contributed by atoms with E-state index in [0.29, 0.717) is 13.0 Å². The number of methoxy groups -OCH3 is 1. The monoisotopic (exact) mass is 245 g/mol. The fourth-order valence-corrected chi connectivity index (χ4v) is 1.73. The van der Waals surface area contributed by atoms with E-state index in [1.807, 2.05) is 0 Å². The lowest BCUT2D eigenvalue weighted by molar-refractivity contribution is 0.0910. The highest BCUT2D eigenvalue weighted by Crippen LogP contribution is 2.24. The Hall–Kier alpha value is -1.04. The van der Waals surface area contributed by atoms with Crippen molar-refractivity contribution in [2.75, 3.05) is 20.3 Å². The summed E-state index contributed by atoms with van der Waals surface area (Å²) in [5.74, 6) is -1.88. The molecule has 0 heterocycles. The minimum Gasteiger partial charge on any atom is -0.392 e. The second-order valence-electron chi connectivity index (χ2n) is 3.86. The second-order valence-corrected chi connectivity index (χ2v) is 3.86. The number of hydrogen-bond acceptors (Lipinski definition) is 3. The molecule has 0 amide bonds. The number of hydrogen-bond donors (Lipinski definition) is 2. The number of ether oxygens (including phenoxy) is 1. The van der Waals surface area contributed by atoms with Crippen molar-refractivity contribution >= 4 is 0 Å². The molecule has 1 rings (SSSR count). The Bertz CT molecular complexity index is 360. The minimum atomic E-state index is -0.806. The molecule has 0 saturated carbocycles. The largest absolute Gasteiger partial charge is 0.392 e. The summed E-state index contributed by atoms with van der Waals surface area (Å²) < 4.78 is 31.1. The van der Waals surface area contributed by atoms with Crippen molar-refractivity contribution < 1.29 is 18.6 Å². The quantitative estimate of drug-likeness (QED) is 0.796. The van der Waals surface area contributed by atoms with Crippen LogP contribution in [-0.2, 0) is 4.74 Å². The number of rotatable bonds is 6. The zero-order valence-electron chi connectivity index (χ0n) is 9.70. The lowest BCUT2D eigenvalue weighted by Crippen LogP contribution is -2.27. The first-order valence-corrected chi connectivity index (χ1v) is 5.42. The van der Waals surface area contributed by atoms with Crippen LogP contribution >= 0.6 is 0 Å². The van der Waals surface area contributed by atoms with Crippen LogP contribution in [0.25, 0.3) is 0 Å². The summed E-state index contributed by atoms with van der Waals surface area (Å²) in [5, 5.41) is 9.87. The van der Waals surface area contributed by atoms with Crippen LogP contribution < -0.4 is 5.73 Å². The molecule has 0 saturated heterocycles. The molecule has 0 aliphatic rings. The number of nitrogens with two attached hydrogens (primary N) is 1. The lowest BCUT2D eigenvalue weighted by Gasteiger charge is -2.22. The summed E-state index contributed by atoms with van der Waals surface area (Å²) in [6.45, 7) is 0.452. The summed E-state index contributed by atoms with van der Waals surface area (Å²) in [6, 6.07) is 3.27. The molecule has 0 fully saturated rings. The zero-order valence-corrected chi connectivity index (χ0v) is 9.70. The lowest BCUT2D eigenvalue weighted by atomic mass is 9.91. The van der Waals surface area contributed by atoms with E-state index >= 15 is 0 Å². The van der Waals surface area contributed by atoms with Crippen LogP contribution in [0, 0.1) is 11.6 Å². The number of aliphatic hydroxyl groups is 1. The summed E-state index contributed by atoms with van der Waals surface area (Å²) in [6.07, 6.45) is -0.449. The molecule has 0 bridgehead atoms. The maximum Gasteiger partial charge on any atom is 0.129 e. The molecule has 0 aliphatic heterocycles. The van der Waals surface area contributed by atoms with Crippen LogP contribution in [0.5, 0.6) is 0 Å². The molecule has 0 aromatic heterocycles. The third-order valence-corrected chi connectivity index (χ3v) is 2.70. The highest BCUT2D eigenvalue weighted by Gasteiger charge is 2.22. The third kappa shape index (κ3) is 3.73. The van der Waals surface area contributed by atoms with Crippen molar-refractivity contribution in [1.82, 2.24) is 0 Å². The van der Waals surface area contributed by atoms with E-state index in [4.69, 9.17) is 10.5 Å². The Balaban J connectivity index is 2.85. The van der Waals surface area contributed by atoms with Gasteiger partial charge in [-0.2, -0.15) is 0 Å². The summed E-state index contributed by atoms with van der Waals surface area (Å²) in [4.78, 5) is 0. The Kier molecular flexibility index (Phi) is 5.47. The molecular weight excluding hydrogens is 228 g/mol. The van der Waals surface area contributed by atoms with Crippen LogP contribution in [-0.4, -0.2) is 31.5 Å². The molecule has 3 nitrogen and oxygen atoms in total. The molecule has 17 heavy (non-hydrogen) atoms. The van der Waals surface area contributed by atoms with Crippen molar-refractivity contribution in [1.29, 1.82) is 0 Å². The molecule has 5 heteroatoms. The highest BCUT2D eigenvalue weighted by molar-refractivity contribution is 5.24. The SMILES string of the molecule is COCCC(O)C(CN)c1ccc(F)cc1F. The Labute approximate surface area is 99.2 Å². The molecule has 2 atom stereocenters. The van der Waals surface area contributed by atoms with Crippen LogP contribution in [0.1, 0.15) is 17.9 Å². The van der Waals surface area contributed by atoms with Gasteiger partial charge in [0.2, 0.25) is 0 Å². The molecule has 2 unspecified atom stereocenters. The van der Waals surface area contributed by atoms with E-state index < -0.39 is 23.7 Å². The van der Waals surface area contributed by atoms with E-state index in [9.17, 15) is 13.9 Å². The fourth-order valence-electron chi connectivity index (χ4n) is 1.73. The zero-order chi connectivity index (χ0) is 12.8. The van der Waals surface area contributed by atoms with Gasteiger partial charge in [-0.3, -0.25) is 0 Å². The Morgan fingerprint density at radius 2 is 2.12 bits per heavy atom. The van der Waals surface area contributed by atoms with Crippen LogP contribution in [0.2, 0.25) is 0 Å². The summed E-state index contributed by atoms with van der Waals surface area (Å²) in [5.41, 5.74) is 5.76. The number of halogens is 2. The fraction of sp³-hybridized carbons (Fsp3) is 0.500. The number of aliphatic hydroxyl groups excluding tert-OH is 1. The highest BCUT2D eigenvalue weighted by atomic mass is 19.1. The first-order chi connectivity index (χ1) is 8.10. The van der Waals surface area contributed by atoms with E-state index in [1.54, 1.807) is 0 Å². The first-order valence-electron chi connectivity index (χ1n) is 5.42. The predicted molar refractivity (Wildman–Crippen MR) is 60.7 cm³/mol. The summed E-state index contributed by atoms with van der Waals surface area (Å²) >= 11 is 0. The number of benzene rings is 1.